The fourth-order valence-electron chi connectivity index (χ4n) is 1.04. The normalized spacial score (nSPS) is 9.54. The monoisotopic (exact) mass is 179 g/mol. The molecule has 0 aromatic carbocycles. The predicted molar refractivity (Wildman–Crippen MR) is 50.4 cm³/mol. The molecular weight excluding hydrogens is 166 g/mol. The molecular formula is C9H13N3O. The average molecular weight is 179 g/mol. The highest BCUT2D eigenvalue weighted by Crippen LogP contribution is 2.12. The van der Waals surface area contributed by atoms with E-state index >= 15 is 0 Å². The van der Waals surface area contributed by atoms with Crippen LogP contribution in [-0.4, -0.2) is 15.1 Å². The summed E-state index contributed by atoms with van der Waals surface area (Å²) in [6.45, 7) is 7.75. The van der Waals surface area contributed by atoms with Gasteiger partial charge in [0.2, 0.25) is 5.65 Å². The van der Waals surface area contributed by atoms with E-state index in [0.717, 1.165) is 16.9 Å². The van der Waals surface area contributed by atoms with Crippen molar-refractivity contribution in [3.63, 3.8) is 0 Å². The SMILES string of the molecule is CC.Cc1nc(C)c2conc2n1. The van der Waals surface area contributed by atoms with Gasteiger partial charge >= 0.3 is 0 Å². The summed E-state index contributed by atoms with van der Waals surface area (Å²) >= 11 is 0. The maximum absolute atomic E-state index is 4.75. The van der Waals surface area contributed by atoms with Crippen LogP contribution in [0.25, 0.3) is 11.0 Å². The highest BCUT2D eigenvalue weighted by molar-refractivity contribution is 5.75. The third-order valence-electron chi connectivity index (χ3n) is 1.54. The lowest BCUT2D eigenvalue weighted by atomic mass is 10.3. The molecule has 4 heteroatoms. The topological polar surface area (TPSA) is 51.8 Å². The van der Waals surface area contributed by atoms with E-state index in [9.17, 15) is 0 Å². The minimum Gasteiger partial charge on any atom is -0.362 e. The molecule has 0 atom stereocenters. The molecule has 0 spiro atoms. The Morgan fingerprint density at radius 3 is 2.54 bits per heavy atom. The summed E-state index contributed by atoms with van der Waals surface area (Å²) in [5.74, 6) is 0.726. The lowest BCUT2D eigenvalue weighted by Crippen LogP contribution is -1.90. The van der Waals surface area contributed by atoms with Crippen molar-refractivity contribution >= 4 is 11.0 Å². The number of aromatic nitrogens is 3. The third kappa shape index (κ3) is 1.83. The standard InChI is InChI=1S/C7H7N3O.C2H6/c1-4-6-3-11-10-7(6)9-5(2)8-4;1-2/h3H,1-2H3;1-2H3. The number of hydrogen-bond donors (Lipinski definition) is 0. The highest BCUT2D eigenvalue weighted by atomic mass is 16.5. The molecule has 0 unspecified atom stereocenters. The van der Waals surface area contributed by atoms with Gasteiger partial charge in [-0.15, -0.1) is 0 Å². The molecule has 0 radical (unpaired) electrons. The summed E-state index contributed by atoms with van der Waals surface area (Å²) in [7, 11) is 0. The smallest absolute Gasteiger partial charge is 0.206 e. The second kappa shape index (κ2) is 3.98. The summed E-state index contributed by atoms with van der Waals surface area (Å²) in [5, 5.41) is 4.60. The van der Waals surface area contributed by atoms with Crippen molar-refractivity contribution in [1.29, 1.82) is 0 Å². The Kier molecular flexibility index (Phi) is 2.95. The first-order valence-corrected chi connectivity index (χ1v) is 4.32. The van der Waals surface area contributed by atoms with E-state index in [4.69, 9.17) is 4.52 Å². The third-order valence-corrected chi connectivity index (χ3v) is 1.54. The van der Waals surface area contributed by atoms with Crippen LogP contribution in [0.2, 0.25) is 0 Å². The van der Waals surface area contributed by atoms with E-state index < -0.39 is 0 Å². The maximum Gasteiger partial charge on any atom is 0.206 e. The summed E-state index contributed by atoms with van der Waals surface area (Å²) in [6, 6.07) is 0. The molecule has 0 fully saturated rings. The van der Waals surface area contributed by atoms with Gasteiger partial charge in [-0.2, -0.15) is 0 Å². The fourth-order valence-corrected chi connectivity index (χ4v) is 1.04. The first kappa shape index (κ1) is 9.64. The van der Waals surface area contributed by atoms with E-state index in [1.165, 1.54) is 0 Å². The molecule has 2 aromatic heterocycles. The first-order chi connectivity index (χ1) is 6.27. The lowest BCUT2D eigenvalue weighted by Gasteiger charge is -1.92. The van der Waals surface area contributed by atoms with Crippen LogP contribution in [-0.2, 0) is 0 Å². The largest absolute Gasteiger partial charge is 0.362 e. The average Bonchev–Trinajstić information content (AvgIpc) is 2.55. The Hall–Kier alpha value is -1.45. The molecule has 0 amide bonds. The van der Waals surface area contributed by atoms with E-state index in [1.807, 2.05) is 27.7 Å². The van der Waals surface area contributed by atoms with E-state index in [1.54, 1.807) is 6.26 Å². The van der Waals surface area contributed by atoms with Crippen LogP contribution >= 0.6 is 0 Å². The van der Waals surface area contributed by atoms with Gasteiger partial charge < -0.3 is 4.52 Å². The van der Waals surface area contributed by atoms with Gasteiger partial charge in [-0.05, 0) is 13.8 Å². The van der Waals surface area contributed by atoms with E-state index in [0.29, 0.717) is 5.65 Å². The molecule has 0 aliphatic carbocycles. The number of aryl methyl sites for hydroxylation is 2. The zero-order chi connectivity index (χ0) is 9.84. The first-order valence-electron chi connectivity index (χ1n) is 4.32. The molecule has 70 valence electrons. The Morgan fingerprint density at radius 1 is 1.15 bits per heavy atom. The van der Waals surface area contributed by atoms with Crippen LogP contribution in [0.4, 0.5) is 0 Å². The molecule has 0 aliphatic heterocycles. The Labute approximate surface area is 77.0 Å². The summed E-state index contributed by atoms with van der Waals surface area (Å²) in [4.78, 5) is 8.24. The molecule has 4 nitrogen and oxygen atoms in total. The quantitative estimate of drug-likeness (QED) is 0.622. The van der Waals surface area contributed by atoms with Crippen molar-refractivity contribution in [1.82, 2.24) is 15.1 Å². The van der Waals surface area contributed by atoms with Crippen LogP contribution in [0.1, 0.15) is 25.4 Å². The predicted octanol–water partition coefficient (Wildman–Crippen LogP) is 2.26. The zero-order valence-electron chi connectivity index (χ0n) is 8.33. The van der Waals surface area contributed by atoms with Crippen molar-refractivity contribution in [2.75, 3.05) is 0 Å². The van der Waals surface area contributed by atoms with Crippen LogP contribution in [0.3, 0.4) is 0 Å². The van der Waals surface area contributed by atoms with Crippen molar-refractivity contribution in [3.05, 3.63) is 17.8 Å². The molecule has 0 saturated carbocycles. The van der Waals surface area contributed by atoms with Crippen LogP contribution in [0.5, 0.6) is 0 Å². The van der Waals surface area contributed by atoms with Crippen LogP contribution in [0, 0.1) is 13.8 Å². The lowest BCUT2D eigenvalue weighted by molar-refractivity contribution is 0.426. The van der Waals surface area contributed by atoms with Gasteiger partial charge in [-0.1, -0.05) is 19.0 Å². The summed E-state index contributed by atoms with van der Waals surface area (Å²) in [5.41, 5.74) is 1.55. The van der Waals surface area contributed by atoms with Gasteiger partial charge in [0, 0.05) is 0 Å². The van der Waals surface area contributed by atoms with Gasteiger partial charge in [0.05, 0.1) is 11.1 Å². The number of fused-ring (bicyclic) bond motifs is 1. The molecule has 0 bridgehead atoms. The Morgan fingerprint density at radius 2 is 1.85 bits per heavy atom. The molecule has 0 N–H and O–H groups in total. The van der Waals surface area contributed by atoms with Gasteiger partial charge in [0.15, 0.2) is 0 Å². The van der Waals surface area contributed by atoms with Gasteiger partial charge in [-0.3, -0.25) is 0 Å². The molecule has 2 rings (SSSR count). The number of rotatable bonds is 0. The zero-order valence-corrected chi connectivity index (χ0v) is 8.33. The summed E-state index contributed by atoms with van der Waals surface area (Å²) in [6.07, 6.45) is 1.56. The molecule has 2 aromatic rings. The second-order valence-corrected chi connectivity index (χ2v) is 2.41. The van der Waals surface area contributed by atoms with Gasteiger partial charge in [-0.25, -0.2) is 9.97 Å². The molecule has 0 aliphatic rings. The molecule has 0 saturated heterocycles. The second-order valence-electron chi connectivity index (χ2n) is 2.41. The van der Waals surface area contributed by atoms with Crippen molar-refractivity contribution in [2.45, 2.75) is 27.7 Å². The number of hydrogen-bond acceptors (Lipinski definition) is 4. The van der Waals surface area contributed by atoms with E-state index in [-0.39, 0.29) is 0 Å². The fraction of sp³-hybridized carbons (Fsp3) is 0.444. The van der Waals surface area contributed by atoms with Crippen LogP contribution < -0.4 is 0 Å². The highest BCUT2D eigenvalue weighted by Gasteiger charge is 2.03. The van der Waals surface area contributed by atoms with E-state index in [2.05, 4.69) is 15.1 Å². The van der Waals surface area contributed by atoms with Crippen molar-refractivity contribution in [3.8, 4) is 0 Å². The van der Waals surface area contributed by atoms with Crippen molar-refractivity contribution in [2.24, 2.45) is 0 Å². The minimum atomic E-state index is 0.634. The molecule has 13 heavy (non-hydrogen) atoms. The minimum absolute atomic E-state index is 0.634. The maximum atomic E-state index is 4.75. The van der Waals surface area contributed by atoms with Crippen molar-refractivity contribution < 1.29 is 4.52 Å². The molecule has 2 heterocycles. The van der Waals surface area contributed by atoms with Crippen LogP contribution in [0.15, 0.2) is 10.8 Å². The van der Waals surface area contributed by atoms with Gasteiger partial charge in [0.1, 0.15) is 12.1 Å². The number of nitrogens with zero attached hydrogens (tertiary/aromatic N) is 3. The Bertz CT molecular complexity index is 395. The summed E-state index contributed by atoms with van der Waals surface area (Å²) < 4.78 is 4.75. The van der Waals surface area contributed by atoms with Gasteiger partial charge in [0.25, 0.3) is 0 Å². The Balaban J connectivity index is 0.000000396.